The summed E-state index contributed by atoms with van der Waals surface area (Å²) in [5.74, 6) is 0. The zero-order valence-corrected chi connectivity index (χ0v) is 14.3. The second kappa shape index (κ2) is 7.58. The Morgan fingerprint density at radius 3 is 2.57 bits per heavy atom. The van der Waals surface area contributed by atoms with Crippen molar-refractivity contribution >= 4 is 22.4 Å². The highest BCUT2D eigenvalue weighted by Crippen LogP contribution is 2.27. The van der Waals surface area contributed by atoms with Crippen LogP contribution in [-0.2, 0) is 10.0 Å². The lowest BCUT2D eigenvalue weighted by atomic mass is 10.0. The molecule has 2 rings (SSSR count). The summed E-state index contributed by atoms with van der Waals surface area (Å²) in [4.78, 5) is 0.407. The van der Waals surface area contributed by atoms with Gasteiger partial charge >= 0.3 is 0 Å². The Balaban J connectivity index is 0.00000220. The van der Waals surface area contributed by atoms with Gasteiger partial charge in [0.1, 0.15) is 0 Å². The van der Waals surface area contributed by atoms with E-state index in [1.165, 1.54) is 0 Å². The number of hydrogen-bond acceptors (Lipinski definition) is 3. The molecule has 2 N–H and O–H groups in total. The van der Waals surface area contributed by atoms with Gasteiger partial charge in [-0.25, -0.2) is 8.42 Å². The van der Waals surface area contributed by atoms with Crippen molar-refractivity contribution in [1.82, 2.24) is 4.31 Å². The molecule has 0 amide bonds. The van der Waals surface area contributed by atoms with E-state index in [1.54, 1.807) is 16.4 Å². The Hall–Kier alpha value is -0.620. The number of sulfonamides is 1. The lowest BCUT2D eigenvalue weighted by molar-refractivity contribution is 0.243. The zero-order chi connectivity index (χ0) is 14.8. The number of benzene rings is 1. The van der Waals surface area contributed by atoms with Crippen LogP contribution in [0.25, 0.3) is 0 Å². The third kappa shape index (κ3) is 3.97. The molecule has 0 saturated carbocycles. The van der Waals surface area contributed by atoms with Crippen molar-refractivity contribution in [2.45, 2.75) is 50.5 Å². The Labute approximate surface area is 134 Å². The number of piperidine rings is 1. The van der Waals surface area contributed by atoms with Crippen molar-refractivity contribution in [3.05, 3.63) is 29.3 Å². The summed E-state index contributed by atoms with van der Waals surface area (Å²) in [6, 6.07) is 5.43. The molecule has 0 aromatic heterocycles. The lowest BCUT2D eigenvalue weighted by Gasteiger charge is -2.34. The molecule has 1 aromatic carbocycles. The zero-order valence-electron chi connectivity index (χ0n) is 12.7. The molecule has 120 valence electrons. The van der Waals surface area contributed by atoms with E-state index >= 15 is 0 Å². The molecule has 0 spiro atoms. The Kier molecular flexibility index (Phi) is 6.66. The van der Waals surface area contributed by atoms with Gasteiger partial charge in [-0.3, -0.25) is 0 Å². The summed E-state index contributed by atoms with van der Waals surface area (Å²) in [6.45, 7) is 5.08. The molecule has 1 heterocycles. The van der Waals surface area contributed by atoms with Crippen LogP contribution in [-0.4, -0.2) is 31.9 Å². The molecular formula is C15H25ClN2O2S. The third-order valence-corrected chi connectivity index (χ3v) is 6.11. The topological polar surface area (TPSA) is 63.4 Å². The predicted molar refractivity (Wildman–Crippen MR) is 88.4 cm³/mol. The highest BCUT2D eigenvalue weighted by atomic mass is 35.5. The number of hydrogen-bond donors (Lipinski definition) is 1. The second-order valence-corrected chi connectivity index (χ2v) is 7.48. The molecule has 0 radical (unpaired) electrons. The smallest absolute Gasteiger partial charge is 0.243 e. The van der Waals surface area contributed by atoms with Crippen LogP contribution in [0.4, 0.5) is 0 Å². The molecule has 1 aliphatic rings. The first-order valence-corrected chi connectivity index (χ1v) is 8.70. The second-order valence-electron chi connectivity index (χ2n) is 5.59. The van der Waals surface area contributed by atoms with Crippen molar-refractivity contribution in [3.8, 4) is 0 Å². The molecule has 1 atom stereocenters. The normalized spacial score (nSPS) is 20.0. The number of halogens is 1. The molecule has 1 aromatic rings. The van der Waals surface area contributed by atoms with Gasteiger partial charge in [0.25, 0.3) is 0 Å². The summed E-state index contributed by atoms with van der Waals surface area (Å²) < 4.78 is 27.3. The maximum atomic E-state index is 12.8. The fraction of sp³-hybridized carbons (Fsp3) is 0.600. The van der Waals surface area contributed by atoms with E-state index < -0.39 is 10.0 Å². The molecule has 4 nitrogen and oxygen atoms in total. The standard InChI is InChI=1S/C15H24N2O2S.ClH/c1-12-6-7-15(11-13(12)2)20(18,19)17-10-4-3-5-14(17)8-9-16;/h6-7,11,14H,3-5,8-10,16H2,1-2H3;1H. The molecular weight excluding hydrogens is 308 g/mol. The molecule has 21 heavy (non-hydrogen) atoms. The minimum Gasteiger partial charge on any atom is -0.330 e. The first-order chi connectivity index (χ1) is 9.46. The molecule has 1 fully saturated rings. The number of nitrogens with zero attached hydrogens (tertiary/aromatic N) is 1. The SMILES string of the molecule is Cc1ccc(S(=O)(=O)N2CCCCC2CCN)cc1C.Cl. The van der Waals surface area contributed by atoms with Crippen LogP contribution in [0, 0.1) is 13.8 Å². The van der Waals surface area contributed by atoms with Crippen molar-refractivity contribution in [1.29, 1.82) is 0 Å². The predicted octanol–water partition coefficient (Wildman–Crippen LogP) is 2.62. The highest BCUT2D eigenvalue weighted by Gasteiger charge is 2.32. The largest absolute Gasteiger partial charge is 0.330 e. The molecule has 1 aliphatic heterocycles. The van der Waals surface area contributed by atoms with Gasteiger partial charge in [0.2, 0.25) is 10.0 Å². The molecule has 0 aliphatic carbocycles. The van der Waals surface area contributed by atoms with Gasteiger partial charge in [0, 0.05) is 12.6 Å². The van der Waals surface area contributed by atoms with Crippen LogP contribution in [0.2, 0.25) is 0 Å². The molecule has 1 unspecified atom stereocenters. The fourth-order valence-corrected chi connectivity index (χ4v) is 4.59. The monoisotopic (exact) mass is 332 g/mol. The van der Waals surface area contributed by atoms with Gasteiger partial charge in [-0.1, -0.05) is 12.5 Å². The number of aryl methyl sites for hydroxylation is 2. The van der Waals surface area contributed by atoms with Crippen molar-refractivity contribution in [3.63, 3.8) is 0 Å². The Bertz CT molecular complexity index is 573. The van der Waals surface area contributed by atoms with Crippen LogP contribution >= 0.6 is 12.4 Å². The fourth-order valence-electron chi connectivity index (χ4n) is 2.78. The minimum atomic E-state index is -3.39. The third-order valence-electron chi connectivity index (χ3n) is 4.16. The van der Waals surface area contributed by atoms with E-state index in [1.807, 2.05) is 19.9 Å². The molecule has 6 heteroatoms. The van der Waals surface area contributed by atoms with Gasteiger partial charge in [-0.15, -0.1) is 12.4 Å². The van der Waals surface area contributed by atoms with Crippen LogP contribution < -0.4 is 5.73 Å². The van der Waals surface area contributed by atoms with Gasteiger partial charge in [-0.05, 0) is 62.9 Å². The maximum Gasteiger partial charge on any atom is 0.243 e. The van der Waals surface area contributed by atoms with E-state index in [4.69, 9.17) is 5.73 Å². The van der Waals surface area contributed by atoms with Gasteiger partial charge in [0.05, 0.1) is 4.90 Å². The summed E-state index contributed by atoms with van der Waals surface area (Å²) >= 11 is 0. The average Bonchev–Trinajstić information content (AvgIpc) is 2.42. The van der Waals surface area contributed by atoms with E-state index in [0.717, 1.165) is 36.8 Å². The van der Waals surface area contributed by atoms with Crippen molar-refractivity contribution < 1.29 is 8.42 Å². The van der Waals surface area contributed by atoms with Crippen LogP contribution in [0.5, 0.6) is 0 Å². The number of nitrogens with two attached hydrogens (primary N) is 1. The van der Waals surface area contributed by atoms with E-state index in [-0.39, 0.29) is 18.4 Å². The van der Waals surface area contributed by atoms with Crippen molar-refractivity contribution in [2.75, 3.05) is 13.1 Å². The minimum absolute atomic E-state index is 0. The molecule has 1 saturated heterocycles. The molecule has 0 bridgehead atoms. The van der Waals surface area contributed by atoms with Crippen LogP contribution in [0.3, 0.4) is 0 Å². The Morgan fingerprint density at radius 1 is 1.24 bits per heavy atom. The first-order valence-electron chi connectivity index (χ1n) is 7.26. The van der Waals surface area contributed by atoms with Crippen LogP contribution in [0.15, 0.2) is 23.1 Å². The van der Waals surface area contributed by atoms with E-state index in [0.29, 0.717) is 18.0 Å². The lowest BCUT2D eigenvalue weighted by Crippen LogP contribution is -2.44. The Morgan fingerprint density at radius 2 is 1.95 bits per heavy atom. The summed E-state index contributed by atoms with van der Waals surface area (Å²) in [7, 11) is -3.39. The maximum absolute atomic E-state index is 12.8. The summed E-state index contributed by atoms with van der Waals surface area (Å²) in [5, 5.41) is 0. The average molecular weight is 333 g/mol. The van der Waals surface area contributed by atoms with Crippen LogP contribution in [0.1, 0.15) is 36.8 Å². The van der Waals surface area contributed by atoms with Gasteiger partial charge < -0.3 is 5.73 Å². The quantitative estimate of drug-likeness (QED) is 0.921. The summed E-state index contributed by atoms with van der Waals surface area (Å²) in [5.41, 5.74) is 7.75. The van der Waals surface area contributed by atoms with E-state index in [2.05, 4.69) is 0 Å². The first kappa shape index (κ1) is 18.4. The summed E-state index contributed by atoms with van der Waals surface area (Å²) in [6.07, 6.45) is 3.68. The van der Waals surface area contributed by atoms with Gasteiger partial charge in [-0.2, -0.15) is 4.31 Å². The highest BCUT2D eigenvalue weighted by molar-refractivity contribution is 7.89. The van der Waals surface area contributed by atoms with E-state index in [9.17, 15) is 8.42 Å². The van der Waals surface area contributed by atoms with Gasteiger partial charge in [0.15, 0.2) is 0 Å². The number of rotatable bonds is 4. The van der Waals surface area contributed by atoms with Crippen molar-refractivity contribution in [2.24, 2.45) is 5.73 Å².